The third-order valence-corrected chi connectivity index (χ3v) is 12.6. The van der Waals surface area contributed by atoms with E-state index in [0.29, 0.717) is 55.1 Å². The molecule has 0 radical (unpaired) electrons. The Morgan fingerprint density at radius 1 is 1.33 bits per heavy atom. The first-order chi connectivity index (χ1) is 18.4. The predicted molar refractivity (Wildman–Crippen MR) is 153 cm³/mol. The van der Waals surface area contributed by atoms with Crippen LogP contribution in [0.1, 0.15) is 38.8 Å². The molecule has 2 N–H and O–H groups in total. The molecule has 10 nitrogen and oxygen atoms in total. The van der Waals surface area contributed by atoms with Gasteiger partial charge in [0.05, 0.1) is 36.3 Å². The summed E-state index contributed by atoms with van der Waals surface area (Å²) >= 11 is 0. The number of methoxy groups -OCH3 is 1. The van der Waals surface area contributed by atoms with E-state index in [2.05, 4.69) is 73.6 Å². The van der Waals surface area contributed by atoms with Crippen molar-refractivity contribution in [1.82, 2.24) is 19.7 Å². The summed E-state index contributed by atoms with van der Waals surface area (Å²) in [6.07, 6.45) is 3.34. The molecule has 0 spiro atoms. The third-order valence-electron chi connectivity index (χ3n) is 8.12. The summed E-state index contributed by atoms with van der Waals surface area (Å²) in [6.45, 7) is 15.9. The Balaban J connectivity index is 1.42. The van der Waals surface area contributed by atoms with E-state index in [1.165, 1.54) is 0 Å². The van der Waals surface area contributed by atoms with Crippen LogP contribution < -0.4 is 15.4 Å². The van der Waals surface area contributed by atoms with Crippen molar-refractivity contribution in [1.29, 1.82) is 5.26 Å². The van der Waals surface area contributed by atoms with Crippen molar-refractivity contribution >= 4 is 25.6 Å². The van der Waals surface area contributed by atoms with Crippen molar-refractivity contribution in [2.24, 2.45) is 0 Å². The zero-order valence-corrected chi connectivity index (χ0v) is 24.8. The highest BCUT2D eigenvalue weighted by molar-refractivity contribution is 6.74. The maximum atomic E-state index is 9.99. The van der Waals surface area contributed by atoms with Gasteiger partial charge in [-0.3, -0.25) is 0 Å². The van der Waals surface area contributed by atoms with Crippen LogP contribution in [0.3, 0.4) is 0 Å². The standard InChI is InChI=1S/C28H37N7O3Si/c1-27(2,3)39(6,7)37-17-28(4)16-31-24-19(12-29)10-18(11-21(24)28)22-8-9-30-26(33-22)34-23-13-32-35-14-20(15-36-5)38-25(23)35/h8-11,13,20,31H,14-17H2,1-7H3,(H,30,33,34)/t20?,28-/m1/s1. The average Bonchev–Trinajstić information content (AvgIpc) is 3.56. The molecule has 206 valence electrons. The van der Waals surface area contributed by atoms with Gasteiger partial charge in [-0.1, -0.05) is 27.7 Å². The fourth-order valence-corrected chi connectivity index (χ4v) is 5.80. The molecule has 0 amide bonds. The molecule has 0 bridgehead atoms. The Morgan fingerprint density at radius 2 is 2.13 bits per heavy atom. The number of anilines is 3. The lowest BCUT2D eigenvalue weighted by molar-refractivity contribution is 0.0938. The van der Waals surface area contributed by atoms with Crippen molar-refractivity contribution in [3.05, 3.63) is 41.7 Å². The van der Waals surface area contributed by atoms with Gasteiger partial charge in [0, 0.05) is 37.4 Å². The van der Waals surface area contributed by atoms with E-state index in [4.69, 9.17) is 18.9 Å². The van der Waals surface area contributed by atoms with Gasteiger partial charge in [-0.25, -0.2) is 14.6 Å². The van der Waals surface area contributed by atoms with Crippen molar-refractivity contribution in [3.63, 3.8) is 0 Å². The van der Waals surface area contributed by atoms with Crippen LogP contribution in [-0.4, -0.2) is 61.0 Å². The minimum atomic E-state index is -1.94. The van der Waals surface area contributed by atoms with Gasteiger partial charge < -0.3 is 24.5 Å². The van der Waals surface area contributed by atoms with Crippen LogP contribution >= 0.6 is 0 Å². The van der Waals surface area contributed by atoms with E-state index in [0.717, 1.165) is 16.8 Å². The Morgan fingerprint density at radius 3 is 2.85 bits per heavy atom. The van der Waals surface area contributed by atoms with Crippen LogP contribution in [0.2, 0.25) is 18.1 Å². The molecular weight excluding hydrogens is 510 g/mol. The maximum Gasteiger partial charge on any atom is 0.236 e. The Labute approximate surface area is 230 Å². The number of rotatable bonds is 8. The van der Waals surface area contributed by atoms with Gasteiger partial charge in [-0.2, -0.15) is 10.4 Å². The molecule has 11 heteroatoms. The minimum Gasteiger partial charge on any atom is -0.469 e. The fraction of sp³-hybridized carbons (Fsp3) is 0.500. The molecule has 0 aliphatic carbocycles. The lowest BCUT2D eigenvalue weighted by atomic mass is 9.83. The number of aromatic nitrogens is 4. The molecule has 2 aliphatic heterocycles. The summed E-state index contributed by atoms with van der Waals surface area (Å²) in [4.78, 5) is 9.18. The smallest absolute Gasteiger partial charge is 0.236 e. The largest absolute Gasteiger partial charge is 0.469 e. The van der Waals surface area contributed by atoms with Crippen LogP contribution in [0.5, 0.6) is 5.88 Å². The second-order valence-electron chi connectivity index (χ2n) is 12.2. The second kappa shape index (κ2) is 9.93. The predicted octanol–water partition coefficient (Wildman–Crippen LogP) is 5.07. The van der Waals surface area contributed by atoms with Crippen LogP contribution in [0.4, 0.5) is 17.3 Å². The molecule has 0 saturated carbocycles. The van der Waals surface area contributed by atoms with Gasteiger partial charge in [0.25, 0.3) is 0 Å². The van der Waals surface area contributed by atoms with Gasteiger partial charge in [-0.15, -0.1) is 0 Å². The number of ether oxygens (including phenoxy) is 2. The van der Waals surface area contributed by atoms with Crippen LogP contribution in [0.15, 0.2) is 30.6 Å². The van der Waals surface area contributed by atoms with Crippen molar-refractivity contribution in [2.45, 2.75) is 63.9 Å². The van der Waals surface area contributed by atoms with E-state index < -0.39 is 8.32 Å². The first-order valence-electron chi connectivity index (χ1n) is 13.2. The number of nitrogens with zero attached hydrogens (tertiary/aromatic N) is 5. The molecule has 0 fully saturated rings. The zero-order chi connectivity index (χ0) is 28.0. The van der Waals surface area contributed by atoms with Gasteiger partial charge in [0.1, 0.15) is 17.9 Å². The first-order valence-corrected chi connectivity index (χ1v) is 16.1. The highest BCUT2D eigenvalue weighted by Gasteiger charge is 2.42. The molecule has 2 aliphatic rings. The quantitative estimate of drug-likeness (QED) is 0.373. The van der Waals surface area contributed by atoms with E-state index >= 15 is 0 Å². The summed E-state index contributed by atoms with van der Waals surface area (Å²) in [5.74, 6) is 1.06. The number of hydrogen-bond donors (Lipinski definition) is 2. The second-order valence-corrected chi connectivity index (χ2v) is 17.0. The average molecular weight is 548 g/mol. The Hall–Kier alpha value is -3.46. The summed E-state index contributed by atoms with van der Waals surface area (Å²) in [7, 11) is -0.289. The van der Waals surface area contributed by atoms with Crippen molar-refractivity contribution in [2.75, 3.05) is 37.5 Å². The highest BCUT2D eigenvalue weighted by Crippen LogP contribution is 2.44. The molecule has 2 aromatic heterocycles. The monoisotopic (exact) mass is 547 g/mol. The molecular formula is C28H37N7O3Si. The molecule has 39 heavy (non-hydrogen) atoms. The number of fused-ring (bicyclic) bond motifs is 2. The summed E-state index contributed by atoms with van der Waals surface area (Å²) in [5, 5.41) is 21.2. The van der Waals surface area contributed by atoms with Crippen LogP contribution in [0.25, 0.3) is 11.3 Å². The van der Waals surface area contributed by atoms with Gasteiger partial charge in [0.2, 0.25) is 11.8 Å². The van der Waals surface area contributed by atoms with E-state index in [-0.39, 0.29) is 16.6 Å². The number of nitrogens with one attached hydrogen (secondary N) is 2. The molecule has 0 saturated heterocycles. The fourth-order valence-electron chi connectivity index (χ4n) is 4.68. The van der Waals surface area contributed by atoms with E-state index in [9.17, 15) is 5.26 Å². The van der Waals surface area contributed by atoms with Crippen LogP contribution in [-0.2, 0) is 21.1 Å². The maximum absolute atomic E-state index is 9.99. The lowest BCUT2D eigenvalue weighted by Gasteiger charge is -2.39. The molecule has 3 aromatic rings. The van der Waals surface area contributed by atoms with E-state index in [1.54, 1.807) is 24.2 Å². The lowest BCUT2D eigenvalue weighted by Crippen LogP contribution is -2.45. The minimum absolute atomic E-state index is 0.0779. The van der Waals surface area contributed by atoms with Gasteiger partial charge >= 0.3 is 0 Å². The Bertz CT molecular complexity index is 1430. The number of benzene rings is 1. The van der Waals surface area contributed by atoms with E-state index in [1.807, 2.05) is 12.1 Å². The van der Waals surface area contributed by atoms with Crippen molar-refractivity contribution in [3.8, 4) is 23.2 Å². The number of nitriles is 1. The summed E-state index contributed by atoms with van der Waals surface area (Å²) in [6, 6.07) is 8.24. The van der Waals surface area contributed by atoms with Crippen LogP contribution in [0, 0.1) is 11.3 Å². The molecule has 5 rings (SSSR count). The topological polar surface area (TPSA) is 119 Å². The normalized spacial score (nSPS) is 20.1. The molecule has 1 aromatic carbocycles. The SMILES string of the molecule is COCC1Cn2ncc(Nc3nccc(-c4cc(C#N)c5c(c4)[C@@](C)(CO[Si](C)(C)C(C)(C)C)CN5)n3)c2O1. The molecule has 1 unspecified atom stereocenters. The summed E-state index contributed by atoms with van der Waals surface area (Å²) in [5.41, 5.74) is 4.55. The zero-order valence-electron chi connectivity index (χ0n) is 23.8. The summed E-state index contributed by atoms with van der Waals surface area (Å²) < 4.78 is 19.6. The highest BCUT2D eigenvalue weighted by atomic mass is 28.4. The molecule has 2 atom stereocenters. The molecule has 4 heterocycles. The first kappa shape index (κ1) is 27.1. The number of hydrogen-bond acceptors (Lipinski definition) is 9. The van der Waals surface area contributed by atoms with Gasteiger partial charge in [0.15, 0.2) is 8.32 Å². The van der Waals surface area contributed by atoms with Gasteiger partial charge in [-0.05, 0) is 41.9 Å². The third kappa shape index (κ3) is 5.12. The Kier molecular flexibility index (Phi) is 6.91. The van der Waals surface area contributed by atoms with Crippen molar-refractivity contribution < 1.29 is 13.9 Å².